The molecule has 0 unspecified atom stereocenters. The van der Waals surface area contributed by atoms with Crippen LogP contribution >= 0.6 is 0 Å². The number of carbonyl (C=O) groups is 1. The number of rotatable bonds is 8. The molecule has 0 saturated heterocycles. The van der Waals surface area contributed by atoms with E-state index in [2.05, 4.69) is 10.3 Å². The summed E-state index contributed by atoms with van der Waals surface area (Å²) in [5.74, 6) is 1.54. The molecule has 0 spiro atoms. The number of hydrogen-bond acceptors (Lipinski definition) is 6. The number of nitrogens with zero attached hydrogens (tertiary/aromatic N) is 3. The van der Waals surface area contributed by atoms with Crippen LogP contribution in [0.4, 0.5) is 5.69 Å². The van der Waals surface area contributed by atoms with Crippen molar-refractivity contribution in [2.45, 2.75) is 13.1 Å². The van der Waals surface area contributed by atoms with Crippen LogP contribution in [0.15, 0.2) is 77.9 Å². The molecule has 2 aromatic heterocycles. The Morgan fingerprint density at radius 3 is 2.24 bits per heavy atom. The first-order valence-electron chi connectivity index (χ1n) is 11.6. The zero-order valence-corrected chi connectivity index (χ0v) is 20.7. The van der Waals surface area contributed by atoms with E-state index in [0.717, 1.165) is 22.2 Å². The van der Waals surface area contributed by atoms with Crippen molar-refractivity contribution in [3.05, 3.63) is 89.0 Å². The maximum absolute atomic E-state index is 13.7. The van der Waals surface area contributed by atoms with Gasteiger partial charge in [-0.25, -0.2) is 4.98 Å². The lowest BCUT2D eigenvalue weighted by atomic mass is 10.2. The molecular formula is C28H26N4O5. The summed E-state index contributed by atoms with van der Waals surface area (Å²) in [6.45, 7) is 0.260. The average Bonchev–Trinajstić information content (AvgIpc) is 3.24. The molecule has 188 valence electrons. The van der Waals surface area contributed by atoms with E-state index in [1.807, 2.05) is 48.5 Å². The lowest BCUT2D eigenvalue weighted by Crippen LogP contribution is -2.25. The van der Waals surface area contributed by atoms with Gasteiger partial charge in [-0.3, -0.25) is 14.2 Å². The highest BCUT2D eigenvalue weighted by Crippen LogP contribution is 2.27. The van der Waals surface area contributed by atoms with Crippen LogP contribution in [0.3, 0.4) is 0 Å². The van der Waals surface area contributed by atoms with E-state index in [1.54, 1.807) is 55.0 Å². The van der Waals surface area contributed by atoms with Crippen molar-refractivity contribution in [1.82, 2.24) is 14.1 Å². The second-order valence-corrected chi connectivity index (χ2v) is 8.48. The van der Waals surface area contributed by atoms with E-state index in [1.165, 1.54) is 0 Å². The number of fused-ring (bicyclic) bond motifs is 3. The molecule has 5 rings (SSSR count). The van der Waals surface area contributed by atoms with E-state index >= 15 is 0 Å². The topological polar surface area (TPSA) is 96.6 Å². The van der Waals surface area contributed by atoms with E-state index in [9.17, 15) is 9.59 Å². The van der Waals surface area contributed by atoms with Gasteiger partial charge in [-0.15, -0.1) is 0 Å². The standard InChI is InChI=1S/C28H26N4O5/c1-35-20-10-8-18(9-11-20)15-31-17-29-26-23-6-4-5-7-24(23)32(27(26)28(31)34)16-25(33)30-19-12-21(36-2)14-22(13-19)37-3/h4-14,17H,15-16H2,1-3H3,(H,30,33). The van der Waals surface area contributed by atoms with Gasteiger partial charge in [0, 0.05) is 29.3 Å². The molecule has 0 bridgehead atoms. The predicted octanol–water partition coefficient (Wildman–Crippen LogP) is 4.06. The number of ether oxygens (including phenoxy) is 3. The molecule has 1 N–H and O–H groups in total. The van der Waals surface area contributed by atoms with Gasteiger partial charge >= 0.3 is 0 Å². The van der Waals surface area contributed by atoms with Crippen molar-refractivity contribution in [2.24, 2.45) is 0 Å². The zero-order valence-electron chi connectivity index (χ0n) is 20.7. The number of methoxy groups -OCH3 is 3. The summed E-state index contributed by atoms with van der Waals surface area (Å²) in [5, 5.41) is 3.69. The van der Waals surface area contributed by atoms with Crippen LogP contribution < -0.4 is 25.1 Å². The summed E-state index contributed by atoms with van der Waals surface area (Å²) >= 11 is 0. The van der Waals surface area contributed by atoms with Crippen molar-refractivity contribution in [3.63, 3.8) is 0 Å². The smallest absolute Gasteiger partial charge is 0.278 e. The Hall–Kier alpha value is -4.79. The van der Waals surface area contributed by atoms with Crippen molar-refractivity contribution in [2.75, 3.05) is 26.6 Å². The van der Waals surface area contributed by atoms with Gasteiger partial charge in [0.25, 0.3) is 5.56 Å². The predicted molar refractivity (Wildman–Crippen MR) is 142 cm³/mol. The molecular weight excluding hydrogens is 472 g/mol. The minimum absolute atomic E-state index is 0.0764. The van der Waals surface area contributed by atoms with Crippen molar-refractivity contribution < 1.29 is 19.0 Å². The molecule has 2 heterocycles. The summed E-state index contributed by atoms with van der Waals surface area (Å²) < 4.78 is 19.1. The Kier molecular flexibility index (Phi) is 6.51. The Labute approximate surface area is 212 Å². The van der Waals surface area contributed by atoms with Crippen molar-refractivity contribution in [3.8, 4) is 17.2 Å². The molecule has 0 aliphatic rings. The highest BCUT2D eigenvalue weighted by atomic mass is 16.5. The quantitative estimate of drug-likeness (QED) is 0.347. The summed E-state index contributed by atoms with van der Waals surface area (Å²) in [7, 11) is 4.70. The molecule has 9 nitrogen and oxygen atoms in total. The number of anilines is 1. The number of aromatic nitrogens is 3. The maximum atomic E-state index is 13.7. The van der Waals surface area contributed by atoms with Crippen LogP contribution in [0.1, 0.15) is 5.56 Å². The molecule has 0 radical (unpaired) electrons. The van der Waals surface area contributed by atoms with E-state index in [4.69, 9.17) is 14.2 Å². The zero-order chi connectivity index (χ0) is 25.9. The van der Waals surface area contributed by atoms with Gasteiger partial charge in [0.2, 0.25) is 5.91 Å². The minimum atomic E-state index is -0.303. The monoisotopic (exact) mass is 498 g/mol. The van der Waals surface area contributed by atoms with Crippen LogP contribution in [0, 0.1) is 0 Å². The molecule has 0 atom stereocenters. The third-order valence-electron chi connectivity index (χ3n) is 6.18. The number of amides is 1. The van der Waals surface area contributed by atoms with E-state index in [-0.39, 0.29) is 18.0 Å². The number of nitrogens with one attached hydrogen (secondary N) is 1. The first-order valence-corrected chi connectivity index (χ1v) is 11.6. The number of benzene rings is 3. The van der Waals surface area contributed by atoms with Crippen molar-refractivity contribution in [1.29, 1.82) is 0 Å². The SMILES string of the molecule is COc1ccc(Cn2cnc3c4ccccc4n(CC(=O)Nc4cc(OC)cc(OC)c4)c3c2=O)cc1. The number of hydrogen-bond donors (Lipinski definition) is 1. The molecule has 0 fully saturated rings. The minimum Gasteiger partial charge on any atom is -0.497 e. The average molecular weight is 499 g/mol. The van der Waals surface area contributed by atoms with Crippen LogP contribution in [0.25, 0.3) is 21.9 Å². The van der Waals surface area contributed by atoms with Gasteiger partial charge in [0.1, 0.15) is 34.8 Å². The van der Waals surface area contributed by atoms with Crippen LogP contribution in [-0.2, 0) is 17.9 Å². The van der Waals surface area contributed by atoms with Crippen LogP contribution in [-0.4, -0.2) is 41.4 Å². The van der Waals surface area contributed by atoms with Gasteiger partial charge in [-0.05, 0) is 23.8 Å². The maximum Gasteiger partial charge on any atom is 0.278 e. The van der Waals surface area contributed by atoms with Gasteiger partial charge in [0.15, 0.2) is 0 Å². The third-order valence-corrected chi connectivity index (χ3v) is 6.18. The second-order valence-electron chi connectivity index (χ2n) is 8.48. The fourth-order valence-electron chi connectivity index (χ4n) is 4.38. The molecule has 0 saturated carbocycles. The molecule has 9 heteroatoms. The van der Waals surface area contributed by atoms with Gasteiger partial charge in [-0.2, -0.15) is 0 Å². The van der Waals surface area contributed by atoms with E-state index < -0.39 is 0 Å². The van der Waals surface area contributed by atoms with Gasteiger partial charge < -0.3 is 24.1 Å². The van der Waals surface area contributed by atoms with Crippen LogP contribution in [0.2, 0.25) is 0 Å². The Balaban J connectivity index is 1.53. The summed E-state index contributed by atoms with van der Waals surface area (Å²) in [6.07, 6.45) is 1.55. The Bertz CT molecular complexity index is 1630. The molecule has 5 aromatic rings. The lowest BCUT2D eigenvalue weighted by Gasteiger charge is -2.12. The number of para-hydroxylation sites is 1. The van der Waals surface area contributed by atoms with Crippen LogP contribution in [0.5, 0.6) is 17.2 Å². The van der Waals surface area contributed by atoms with Gasteiger partial charge in [-0.1, -0.05) is 30.3 Å². The first-order chi connectivity index (χ1) is 18.0. The summed E-state index contributed by atoms with van der Waals surface area (Å²) in [4.78, 5) is 31.4. The molecule has 37 heavy (non-hydrogen) atoms. The Morgan fingerprint density at radius 2 is 1.57 bits per heavy atom. The highest BCUT2D eigenvalue weighted by molar-refractivity contribution is 6.06. The van der Waals surface area contributed by atoms with Gasteiger partial charge in [0.05, 0.1) is 39.7 Å². The summed E-state index contributed by atoms with van der Waals surface area (Å²) in [6, 6.07) is 20.2. The fraction of sp³-hybridized carbons (Fsp3) is 0.179. The fourth-order valence-corrected chi connectivity index (χ4v) is 4.38. The second kappa shape index (κ2) is 10.1. The Morgan fingerprint density at radius 1 is 0.892 bits per heavy atom. The molecule has 0 aliphatic heterocycles. The molecule has 0 aliphatic carbocycles. The third kappa shape index (κ3) is 4.71. The first kappa shape index (κ1) is 23.9. The number of carbonyl (C=O) groups excluding carboxylic acids is 1. The highest BCUT2D eigenvalue weighted by Gasteiger charge is 2.19. The van der Waals surface area contributed by atoms with Crippen molar-refractivity contribution >= 4 is 33.5 Å². The largest absolute Gasteiger partial charge is 0.497 e. The lowest BCUT2D eigenvalue weighted by molar-refractivity contribution is -0.116. The normalized spacial score (nSPS) is 11.0. The molecule has 3 aromatic carbocycles. The molecule has 1 amide bonds. The van der Waals surface area contributed by atoms with E-state index in [0.29, 0.717) is 34.8 Å². The summed E-state index contributed by atoms with van der Waals surface area (Å²) in [5.41, 5.74) is 2.90.